The van der Waals surface area contributed by atoms with Crippen molar-refractivity contribution < 1.29 is 9.47 Å². The van der Waals surface area contributed by atoms with Crippen molar-refractivity contribution in [2.75, 3.05) is 24.1 Å². The number of para-hydroxylation sites is 2. The monoisotopic (exact) mass is 499 g/mol. The summed E-state index contributed by atoms with van der Waals surface area (Å²) in [6, 6.07) is 44.7. The fraction of sp³-hybridized carbons (Fsp3) is 0.0606. The summed E-state index contributed by atoms with van der Waals surface area (Å²) in [5.41, 5.74) is 6.07. The Morgan fingerprint density at radius 2 is 0.868 bits per heavy atom. The first-order valence-electron chi connectivity index (χ1n) is 12.4. The average molecular weight is 500 g/mol. The van der Waals surface area contributed by atoms with Gasteiger partial charge in [0.05, 0.1) is 31.8 Å². The Hall–Kier alpha value is -5.03. The van der Waals surface area contributed by atoms with E-state index in [1.54, 1.807) is 14.2 Å². The minimum absolute atomic E-state index is 0.816. The fourth-order valence-electron chi connectivity index (χ4n) is 4.16. The molecule has 0 amide bonds. The van der Waals surface area contributed by atoms with E-state index in [1.165, 1.54) is 0 Å². The van der Waals surface area contributed by atoms with Gasteiger partial charge in [0.1, 0.15) is 11.5 Å². The van der Waals surface area contributed by atoms with Crippen LogP contribution in [0.1, 0.15) is 5.56 Å². The molecule has 0 radical (unpaired) electrons. The summed E-state index contributed by atoms with van der Waals surface area (Å²) < 4.78 is 10.7. The highest BCUT2D eigenvalue weighted by molar-refractivity contribution is 5.84. The van der Waals surface area contributed by atoms with Gasteiger partial charge in [0.15, 0.2) is 0 Å². The first kappa shape index (κ1) is 24.7. The lowest BCUT2D eigenvalue weighted by Crippen LogP contribution is -2.10. The van der Waals surface area contributed by atoms with Crippen LogP contribution in [0.5, 0.6) is 11.5 Å². The zero-order chi connectivity index (χ0) is 26.2. The van der Waals surface area contributed by atoms with Crippen LogP contribution in [0, 0.1) is 0 Å². The van der Waals surface area contributed by atoms with Crippen LogP contribution in [0.25, 0.3) is 0 Å². The molecule has 5 heteroatoms. The number of methoxy groups -OCH3 is 2. The molecule has 0 aliphatic rings. The van der Waals surface area contributed by atoms with E-state index in [2.05, 4.69) is 77.7 Å². The second kappa shape index (κ2) is 11.8. The molecule has 0 atom stereocenters. The van der Waals surface area contributed by atoms with E-state index in [4.69, 9.17) is 14.6 Å². The molecule has 0 saturated carbocycles. The summed E-state index contributed by atoms with van der Waals surface area (Å²) in [7, 11) is 3.35. The molecule has 0 heterocycles. The summed E-state index contributed by atoms with van der Waals surface area (Å²) >= 11 is 0. The van der Waals surface area contributed by atoms with Crippen LogP contribution < -0.4 is 19.4 Å². The molecule has 0 spiro atoms. The van der Waals surface area contributed by atoms with Crippen LogP contribution in [0.3, 0.4) is 0 Å². The van der Waals surface area contributed by atoms with E-state index in [0.717, 1.165) is 45.5 Å². The van der Waals surface area contributed by atoms with Crippen LogP contribution >= 0.6 is 0 Å². The predicted molar refractivity (Wildman–Crippen MR) is 157 cm³/mol. The first-order chi connectivity index (χ1) is 18.7. The Bertz CT molecular complexity index is 1360. The van der Waals surface area contributed by atoms with Gasteiger partial charge in [0, 0.05) is 17.1 Å². The summed E-state index contributed by atoms with van der Waals surface area (Å²) in [5, 5.41) is 6.77. The Balaban J connectivity index is 1.45. The Morgan fingerprint density at radius 3 is 1.26 bits per heavy atom. The molecular formula is C33H29N3O2. The van der Waals surface area contributed by atoms with Gasteiger partial charge < -0.3 is 14.4 Å². The molecule has 0 aliphatic heterocycles. The number of hydrogen-bond donors (Lipinski definition) is 0. The van der Waals surface area contributed by atoms with Gasteiger partial charge in [-0.3, -0.25) is 0 Å². The highest BCUT2D eigenvalue weighted by Crippen LogP contribution is 2.36. The summed E-state index contributed by atoms with van der Waals surface area (Å²) in [6.45, 7) is 0. The molecule has 0 unspecified atom stereocenters. The lowest BCUT2D eigenvalue weighted by molar-refractivity contribution is 0.415. The highest BCUT2D eigenvalue weighted by Gasteiger charge is 2.13. The maximum atomic E-state index is 5.36. The Kier molecular flexibility index (Phi) is 7.66. The number of rotatable bonds is 9. The van der Waals surface area contributed by atoms with E-state index in [9.17, 15) is 0 Å². The average Bonchev–Trinajstić information content (AvgIpc) is 3.00. The highest BCUT2D eigenvalue weighted by atomic mass is 16.5. The minimum Gasteiger partial charge on any atom is -0.497 e. The van der Waals surface area contributed by atoms with Crippen molar-refractivity contribution in [3.8, 4) is 11.5 Å². The molecule has 5 aromatic rings. The molecule has 5 nitrogen and oxygen atoms in total. The van der Waals surface area contributed by atoms with E-state index in [0.29, 0.717) is 0 Å². The van der Waals surface area contributed by atoms with Crippen LogP contribution in [0.2, 0.25) is 0 Å². The van der Waals surface area contributed by atoms with E-state index in [-0.39, 0.29) is 0 Å². The summed E-state index contributed by atoms with van der Waals surface area (Å²) in [6.07, 6.45) is 1.88. The SMILES string of the molecule is COc1ccc(N(c2ccc(/C=N/N(c3ccccc3)c3ccccc3)cc2)c2ccc(OC)cc2)cc1. The Labute approximate surface area is 223 Å². The molecule has 5 rings (SSSR count). The third-order valence-corrected chi connectivity index (χ3v) is 6.14. The predicted octanol–water partition coefficient (Wildman–Crippen LogP) is 8.35. The lowest BCUT2D eigenvalue weighted by atomic mass is 10.1. The van der Waals surface area contributed by atoms with Gasteiger partial charge in [-0.15, -0.1) is 0 Å². The third-order valence-electron chi connectivity index (χ3n) is 6.14. The number of benzene rings is 5. The zero-order valence-electron chi connectivity index (χ0n) is 21.4. The van der Waals surface area contributed by atoms with Crippen molar-refractivity contribution in [1.82, 2.24) is 0 Å². The molecular weight excluding hydrogens is 470 g/mol. The van der Waals surface area contributed by atoms with Crippen molar-refractivity contribution in [2.45, 2.75) is 0 Å². The topological polar surface area (TPSA) is 37.3 Å². The number of hydrazone groups is 1. The van der Waals surface area contributed by atoms with Gasteiger partial charge in [0.25, 0.3) is 0 Å². The maximum absolute atomic E-state index is 5.36. The quantitative estimate of drug-likeness (QED) is 0.151. The molecule has 0 bridgehead atoms. The smallest absolute Gasteiger partial charge is 0.119 e. The largest absolute Gasteiger partial charge is 0.497 e. The van der Waals surface area contributed by atoms with Gasteiger partial charge in [-0.2, -0.15) is 5.10 Å². The third kappa shape index (κ3) is 5.68. The Morgan fingerprint density at radius 1 is 0.474 bits per heavy atom. The summed E-state index contributed by atoms with van der Waals surface area (Å²) in [5.74, 6) is 1.63. The lowest BCUT2D eigenvalue weighted by Gasteiger charge is -2.26. The van der Waals surface area contributed by atoms with Crippen molar-refractivity contribution >= 4 is 34.7 Å². The zero-order valence-corrected chi connectivity index (χ0v) is 21.4. The van der Waals surface area contributed by atoms with Crippen molar-refractivity contribution in [2.24, 2.45) is 5.10 Å². The van der Waals surface area contributed by atoms with Crippen LogP contribution in [-0.4, -0.2) is 20.4 Å². The molecule has 0 aromatic heterocycles. The molecule has 5 aromatic carbocycles. The van der Waals surface area contributed by atoms with E-state index < -0.39 is 0 Å². The van der Waals surface area contributed by atoms with Crippen molar-refractivity contribution in [3.63, 3.8) is 0 Å². The van der Waals surface area contributed by atoms with Gasteiger partial charge in [-0.1, -0.05) is 48.5 Å². The molecule has 188 valence electrons. The molecule has 0 N–H and O–H groups in total. The van der Waals surface area contributed by atoms with Gasteiger partial charge in [0.2, 0.25) is 0 Å². The molecule has 0 fully saturated rings. The van der Waals surface area contributed by atoms with Gasteiger partial charge in [-0.25, -0.2) is 5.01 Å². The van der Waals surface area contributed by atoms with Crippen LogP contribution in [0.4, 0.5) is 28.4 Å². The van der Waals surface area contributed by atoms with Crippen LogP contribution in [0.15, 0.2) is 139 Å². The van der Waals surface area contributed by atoms with Crippen molar-refractivity contribution in [3.05, 3.63) is 139 Å². The first-order valence-corrected chi connectivity index (χ1v) is 12.4. The maximum Gasteiger partial charge on any atom is 0.119 e. The number of ether oxygens (including phenoxy) is 2. The normalized spacial score (nSPS) is 10.8. The van der Waals surface area contributed by atoms with E-state index >= 15 is 0 Å². The second-order valence-electron chi connectivity index (χ2n) is 8.55. The van der Waals surface area contributed by atoms with Crippen LogP contribution in [-0.2, 0) is 0 Å². The number of anilines is 5. The van der Waals surface area contributed by atoms with Gasteiger partial charge in [-0.05, 0) is 90.5 Å². The molecule has 0 saturated heterocycles. The number of nitrogens with zero attached hydrogens (tertiary/aromatic N) is 3. The van der Waals surface area contributed by atoms with Gasteiger partial charge >= 0.3 is 0 Å². The standard InChI is InChI=1S/C33H29N3O2/c1-37-32-21-17-28(18-22-32)35(29-19-23-33(38-2)24-20-29)27-15-13-26(14-16-27)25-34-36(30-9-5-3-6-10-30)31-11-7-4-8-12-31/h3-25H,1-2H3/b34-25+. The molecule has 0 aliphatic carbocycles. The van der Waals surface area contributed by atoms with E-state index in [1.807, 2.05) is 71.9 Å². The number of hydrogen-bond acceptors (Lipinski definition) is 5. The molecule has 38 heavy (non-hydrogen) atoms. The van der Waals surface area contributed by atoms with Crippen molar-refractivity contribution in [1.29, 1.82) is 0 Å². The summed E-state index contributed by atoms with van der Waals surface area (Å²) in [4.78, 5) is 2.19. The minimum atomic E-state index is 0.816. The second-order valence-corrected chi connectivity index (χ2v) is 8.55. The fourth-order valence-corrected chi connectivity index (χ4v) is 4.16.